The van der Waals surface area contributed by atoms with Crippen LogP contribution in [0.3, 0.4) is 0 Å². The normalized spacial score (nSPS) is 30.4. The van der Waals surface area contributed by atoms with Crippen molar-refractivity contribution in [1.82, 2.24) is 10.2 Å². The van der Waals surface area contributed by atoms with Crippen LogP contribution in [0.5, 0.6) is 0 Å². The third-order valence-electron chi connectivity index (χ3n) is 5.47. The van der Waals surface area contributed by atoms with Gasteiger partial charge in [-0.3, -0.25) is 4.79 Å². The van der Waals surface area contributed by atoms with Gasteiger partial charge in [0, 0.05) is 19.1 Å². The van der Waals surface area contributed by atoms with Gasteiger partial charge in [-0.1, -0.05) is 19.3 Å². The third-order valence-corrected chi connectivity index (χ3v) is 5.47. The number of rotatable bonds is 4. The van der Waals surface area contributed by atoms with Gasteiger partial charge in [-0.15, -0.1) is 0 Å². The molecular weight excluding hydrogens is 268 g/mol. The van der Waals surface area contributed by atoms with Gasteiger partial charge < -0.3 is 15.3 Å². The molecule has 3 unspecified atom stereocenters. The van der Waals surface area contributed by atoms with Gasteiger partial charge >= 0.3 is 12.0 Å². The van der Waals surface area contributed by atoms with Crippen molar-refractivity contribution in [1.29, 1.82) is 0 Å². The summed E-state index contributed by atoms with van der Waals surface area (Å²) in [6.07, 6.45) is 8.46. The van der Waals surface area contributed by atoms with Crippen molar-refractivity contribution in [3.63, 3.8) is 0 Å². The fraction of sp³-hybridized carbons (Fsp3) is 0.875. The van der Waals surface area contributed by atoms with Crippen LogP contribution in [0, 0.1) is 17.8 Å². The highest BCUT2D eigenvalue weighted by atomic mass is 16.4. The average Bonchev–Trinajstić information content (AvgIpc) is 3.30. The van der Waals surface area contributed by atoms with Gasteiger partial charge in [0.1, 0.15) is 0 Å². The Bertz CT molecular complexity index is 408. The fourth-order valence-corrected chi connectivity index (χ4v) is 4.06. The predicted molar refractivity (Wildman–Crippen MR) is 78.9 cm³/mol. The van der Waals surface area contributed by atoms with Crippen molar-refractivity contribution in [3.05, 3.63) is 0 Å². The van der Waals surface area contributed by atoms with Gasteiger partial charge in [0.2, 0.25) is 0 Å². The van der Waals surface area contributed by atoms with E-state index in [9.17, 15) is 9.59 Å². The Morgan fingerprint density at radius 1 is 1.10 bits per heavy atom. The number of carbonyl (C=O) groups excluding carboxylic acids is 1. The molecule has 2 saturated carbocycles. The molecule has 2 amide bonds. The lowest BCUT2D eigenvalue weighted by atomic mass is 9.75. The number of hydrogen-bond donors (Lipinski definition) is 2. The maximum atomic E-state index is 12.4. The van der Waals surface area contributed by atoms with E-state index < -0.39 is 5.97 Å². The van der Waals surface area contributed by atoms with Crippen molar-refractivity contribution < 1.29 is 14.7 Å². The Kier molecular flexibility index (Phi) is 4.36. The minimum Gasteiger partial charge on any atom is -0.481 e. The molecular formula is C16H26N2O3. The number of amides is 2. The number of nitrogens with one attached hydrogen (secondary N) is 1. The van der Waals surface area contributed by atoms with E-state index in [-0.39, 0.29) is 18.5 Å². The number of nitrogens with zero attached hydrogens (tertiary/aromatic N) is 1. The van der Waals surface area contributed by atoms with Crippen molar-refractivity contribution >= 4 is 12.0 Å². The van der Waals surface area contributed by atoms with Gasteiger partial charge in [-0.05, 0) is 43.4 Å². The van der Waals surface area contributed by atoms with E-state index >= 15 is 0 Å². The molecule has 2 aliphatic carbocycles. The van der Waals surface area contributed by atoms with Crippen molar-refractivity contribution in [2.24, 2.45) is 17.8 Å². The molecule has 2 N–H and O–H groups in total. The molecule has 5 heteroatoms. The lowest BCUT2D eigenvalue weighted by Gasteiger charge is -2.41. The number of carboxylic acid groups (broad SMARTS) is 1. The van der Waals surface area contributed by atoms with Crippen LogP contribution in [0.2, 0.25) is 0 Å². The van der Waals surface area contributed by atoms with Gasteiger partial charge in [0.05, 0.1) is 6.42 Å². The van der Waals surface area contributed by atoms with Crippen LogP contribution < -0.4 is 5.32 Å². The van der Waals surface area contributed by atoms with Crippen LogP contribution in [-0.4, -0.2) is 41.1 Å². The second-order valence-electron chi connectivity index (χ2n) is 7.03. The quantitative estimate of drug-likeness (QED) is 0.837. The summed E-state index contributed by atoms with van der Waals surface area (Å²) in [6.45, 7) is 1.69. The number of carbonyl (C=O) groups is 2. The molecule has 3 aliphatic rings. The molecule has 3 atom stereocenters. The van der Waals surface area contributed by atoms with Gasteiger partial charge in [0.15, 0.2) is 0 Å². The van der Waals surface area contributed by atoms with Crippen LogP contribution >= 0.6 is 0 Å². The van der Waals surface area contributed by atoms with Gasteiger partial charge in [0.25, 0.3) is 0 Å². The number of hydrogen-bond acceptors (Lipinski definition) is 2. The van der Waals surface area contributed by atoms with Crippen molar-refractivity contribution in [3.8, 4) is 0 Å². The minimum absolute atomic E-state index is 0.0443. The van der Waals surface area contributed by atoms with Crippen LogP contribution in [0.4, 0.5) is 4.79 Å². The number of likely N-dealkylation sites (tertiary alicyclic amines) is 1. The first kappa shape index (κ1) is 14.7. The highest BCUT2D eigenvalue weighted by molar-refractivity contribution is 5.76. The van der Waals surface area contributed by atoms with Crippen molar-refractivity contribution in [2.75, 3.05) is 13.1 Å². The zero-order chi connectivity index (χ0) is 14.8. The number of fused-ring (bicyclic) bond motifs is 1. The maximum Gasteiger partial charge on any atom is 0.317 e. The van der Waals surface area contributed by atoms with E-state index in [0.717, 1.165) is 38.3 Å². The number of carboxylic acids is 1. The summed E-state index contributed by atoms with van der Waals surface area (Å²) in [5, 5.41) is 12.0. The molecule has 0 spiro atoms. The first-order valence-corrected chi connectivity index (χ1v) is 8.40. The molecule has 0 radical (unpaired) electrons. The first-order chi connectivity index (χ1) is 10.1. The minimum atomic E-state index is -0.821. The van der Waals surface area contributed by atoms with E-state index in [1.54, 1.807) is 0 Å². The number of piperidine rings is 1. The molecule has 1 heterocycles. The Morgan fingerprint density at radius 3 is 2.48 bits per heavy atom. The summed E-state index contributed by atoms with van der Waals surface area (Å²) < 4.78 is 0. The van der Waals surface area contributed by atoms with Crippen molar-refractivity contribution in [2.45, 2.75) is 57.4 Å². The maximum absolute atomic E-state index is 12.4. The predicted octanol–water partition coefficient (Wildman–Crippen LogP) is 2.46. The molecule has 0 aromatic rings. The molecule has 3 rings (SSSR count). The van der Waals surface area contributed by atoms with Crippen LogP contribution in [0.15, 0.2) is 0 Å². The monoisotopic (exact) mass is 294 g/mol. The molecule has 1 aliphatic heterocycles. The molecule has 5 nitrogen and oxygen atoms in total. The summed E-state index contributed by atoms with van der Waals surface area (Å²) >= 11 is 0. The van der Waals surface area contributed by atoms with E-state index in [1.807, 2.05) is 4.90 Å². The van der Waals surface area contributed by atoms with Gasteiger partial charge in [-0.2, -0.15) is 0 Å². The highest BCUT2D eigenvalue weighted by Gasteiger charge is 2.37. The lowest BCUT2D eigenvalue weighted by molar-refractivity contribution is -0.137. The van der Waals surface area contributed by atoms with Gasteiger partial charge in [-0.25, -0.2) is 4.79 Å². The summed E-state index contributed by atoms with van der Waals surface area (Å²) in [7, 11) is 0. The summed E-state index contributed by atoms with van der Waals surface area (Å²) in [4.78, 5) is 25.3. The summed E-state index contributed by atoms with van der Waals surface area (Å²) in [6, 6.07) is -0.226. The molecule has 0 aromatic carbocycles. The molecule has 3 fully saturated rings. The second kappa shape index (κ2) is 6.24. The van der Waals surface area contributed by atoms with E-state index in [4.69, 9.17) is 5.11 Å². The van der Waals surface area contributed by atoms with E-state index in [2.05, 4.69) is 5.32 Å². The Morgan fingerprint density at radius 2 is 1.81 bits per heavy atom. The Hall–Kier alpha value is -1.26. The molecule has 1 saturated heterocycles. The molecule has 0 bridgehead atoms. The van der Waals surface area contributed by atoms with Crippen LogP contribution in [-0.2, 0) is 4.79 Å². The Labute approximate surface area is 126 Å². The largest absolute Gasteiger partial charge is 0.481 e. The first-order valence-electron chi connectivity index (χ1n) is 8.40. The number of urea groups is 1. The zero-order valence-corrected chi connectivity index (χ0v) is 12.6. The molecule has 0 aromatic heterocycles. The lowest BCUT2D eigenvalue weighted by Crippen LogP contribution is -2.51. The molecule has 21 heavy (non-hydrogen) atoms. The second-order valence-corrected chi connectivity index (χ2v) is 7.03. The smallest absolute Gasteiger partial charge is 0.317 e. The van der Waals surface area contributed by atoms with E-state index in [1.165, 1.54) is 25.7 Å². The molecule has 118 valence electrons. The zero-order valence-electron chi connectivity index (χ0n) is 12.6. The summed E-state index contributed by atoms with van der Waals surface area (Å²) in [5.41, 5.74) is 0. The van der Waals surface area contributed by atoms with Crippen LogP contribution in [0.1, 0.15) is 51.4 Å². The SMILES string of the molecule is O=C(O)CC(NC(=O)N1CCC2CCCCC2C1)C1CC1. The number of aliphatic carboxylic acids is 1. The highest BCUT2D eigenvalue weighted by Crippen LogP contribution is 2.37. The fourth-order valence-electron chi connectivity index (χ4n) is 4.06. The average molecular weight is 294 g/mol. The standard InChI is InChI=1S/C16H26N2O3/c19-15(20)9-14(12-5-6-12)17-16(21)18-8-7-11-3-1-2-4-13(11)10-18/h11-14H,1-10H2,(H,17,21)(H,19,20). The van der Waals surface area contributed by atoms with E-state index in [0.29, 0.717) is 11.8 Å². The third kappa shape index (κ3) is 3.69. The topological polar surface area (TPSA) is 69.6 Å². The summed E-state index contributed by atoms with van der Waals surface area (Å²) in [5.74, 6) is 1.02. The Balaban J connectivity index is 1.53. The van der Waals surface area contributed by atoms with Crippen LogP contribution in [0.25, 0.3) is 0 Å².